The lowest BCUT2D eigenvalue weighted by atomic mass is 9.87. The molecule has 1 aliphatic heterocycles. The third kappa shape index (κ3) is 5.63. The lowest BCUT2D eigenvalue weighted by molar-refractivity contribution is -0.173. The Morgan fingerprint density at radius 3 is 2.43 bits per heavy atom. The standard InChI is InChI=1S/C15H28N2O4/c1-11(2)12(6-7-16)4-5-13(18)17-9-15(3,10-17)21-8-14(19)20/h11-12H,4-10,16H2,1-3H3,(H,19,20). The maximum atomic E-state index is 12.1. The summed E-state index contributed by atoms with van der Waals surface area (Å²) >= 11 is 0. The van der Waals surface area contributed by atoms with Crippen molar-refractivity contribution in [3.05, 3.63) is 0 Å². The van der Waals surface area contributed by atoms with E-state index in [1.807, 2.05) is 6.92 Å². The molecule has 1 atom stereocenters. The van der Waals surface area contributed by atoms with Crippen LogP contribution in [0.15, 0.2) is 0 Å². The van der Waals surface area contributed by atoms with E-state index >= 15 is 0 Å². The number of carbonyl (C=O) groups is 2. The number of carboxylic acid groups (broad SMARTS) is 1. The Labute approximate surface area is 126 Å². The van der Waals surface area contributed by atoms with E-state index in [1.54, 1.807) is 4.90 Å². The van der Waals surface area contributed by atoms with Gasteiger partial charge >= 0.3 is 5.97 Å². The van der Waals surface area contributed by atoms with Crippen LogP contribution >= 0.6 is 0 Å². The highest BCUT2D eigenvalue weighted by Gasteiger charge is 2.42. The molecule has 1 heterocycles. The first-order valence-electron chi connectivity index (χ1n) is 7.61. The maximum absolute atomic E-state index is 12.1. The second-order valence-corrected chi connectivity index (χ2v) is 6.50. The topological polar surface area (TPSA) is 92.9 Å². The summed E-state index contributed by atoms with van der Waals surface area (Å²) in [6.45, 7) is 7.44. The maximum Gasteiger partial charge on any atom is 0.329 e. The molecule has 0 saturated carbocycles. The Morgan fingerprint density at radius 1 is 1.33 bits per heavy atom. The van der Waals surface area contributed by atoms with E-state index in [9.17, 15) is 9.59 Å². The van der Waals surface area contributed by atoms with Crippen LogP contribution in [0.1, 0.15) is 40.0 Å². The first kappa shape index (κ1) is 17.9. The van der Waals surface area contributed by atoms with Crippen molar-refractivity contribution in [1.82, 2.24) is 4.90 Å². The van der Waals surface area contributed by atoms with Crippen LogP contribution in [0.3, 0.4) is 0 Å². The number of carbonyl (C=O) groups excluding carboxylic acids is 1. The fourth-order valence-electron chi connectivity index (χ4n) is 2.76. The quantitative estimate of drug-likeness (QED) is 0.665. The molecule has 6 nitrogen and oxygen atoms in total. The largest absolute Gasteiger partial charge is 0.480 e. The average molecular weight is 300 g/mol. The van der Waals surface area contributed by atoms with E-state index in [-0.39, 0.29) is 12.5 Å². The van der Waals surface area contributed by atoms with Crippen molar-refractivity contribution in [3.8, 4) is 0 Å². The minimum absolute atomic E-state index is 0.120. The van der Waals surface area contributed by atoms with Crippen LogP contribution in [-0.4, -0.2) is 53.7 Å². The molecule has 0 aliphatic carbocycles. The number of nitrogens with two attached hydrogens (primary N) is 1. The van der Waals surface area contributed by atoms with Gasteiger partial charge in [0.25, 0.3) is 0 Å². The number of ether oxygens (including phenoxy) is 1. The first-order valence-corrected chi connectivity index (χ1v) is 7.61. The number of nitrogens with zero attached hydrogens (tertiary/aromatic N) is 1. The molecule has 1 fully saturated rings. The summed E-state index contributed by atoms with van der Waals surface area (Å²) in [5, 5.41) is 8.60. The molecule has 6 heteroatoms. The minimum Gasteiger partial charge on any atom is -0.480 e. The molecule has 1 saturated heterocycles. The molecule has 0 aromatic carbocycles. The van der Waals surface area contributed by atoms with Gasteiger partial charge in [0.2, 0.25) is 5.91 Å². The lowest BCUT2D eigenvalue weighted by Crippen LogP contribution is -2.63. The molecule has 1 unspecified atom stereocenters. The van der Waals surface area contributed by atoms with Gasteiger partial charge in [0.1, 0.15) is 12.2 Å². The molecular weight excluding hydrogens is 272 g/mol. The fraction of sp³-hybridized carbons (Fsp3) is 0.867. The number of hydrogen-bond acceptors (Lipinski definition) is 4. The second-order valence-electron chi connectivity index (χ2n) is 6.50. The van der Waals surface area contributed by atoms with Gasteiger partial charge in [-0.2, -0.15) is 0 Å². The summed E-state index contributed by atoms with van der Waals surface area (Å²) < 4.78 is 5.30. The van der Waals surface area contributed by atoms with Crippen molar-refractivity contribution in [2.45, 2.75) is 45.6 Å². The molecule has 3 N–H and O–H groups in total. The lowest BCUT2D eigenvalue weighted by Gasteiger charge is -2.47. The van der Waals surface area contributed by atoms with E-state index < -0.39 is 11.6 Å². The summed E-state index contributed by atoms with van der Waals surface area (Å²) in [6, 6.07) is 0. The van der Waals surface area contributed by atoms with Crippen LogP contribution in [0.5, 0.6) is 0 Å². The van der Waals surface area contributed by atoms with Gasteiger partial charge in [0.15, 0.2) is 0 Å². The molecule has 21 heavy (non-hydrogen) atoms. The van der Waals surface area contributed by atoms with Gasteiger partial charge < -0.3 is 20.5 Å². The zero-order valence-electron chi connectivity index (χ0n) is 13.3. The summed E-state index contributed by atoms with van der Waals surface area (Å²) in [4.78, 5) is 24.3. The van der Waals surface area contributed by atoms with Crippen molar-refractivity contribution in [2.75, 3.05) is 26.2 Å². The molecule has 0 bridgehead atoms. The zero-order chi connectivity index (χ0) is 16.0. The van der Waals surface area contributed by atoms with E-state index in [2.05, 4.69) is 13.8 Å². The van der Waals surface area contributed by atoms with E-state index in [0.29, 0.717) is 37.9 Å². The average Bonchev–Trinajstić information content (AvgIpc) is 2.37. The summed E-state index contributed by atoms with van der Waals surface area (Å²) in [5.74, 6) is 0.147. The highest BCUT2D eigenvalue weighted by atomic mass is 16.5. The number of likely N-dealkylation sites (tertiary alicyclic amines) is 1. The van der Waals surface area contributed by atoms with Crippen molar-refractivity contribution in [1.29, 1.82) is 0 Å². The Balaban J connectivity index is 2.30. The monoisotopic (exact) mass is 300 g/mol. The van der Waals surface area contributed by atoms with Crippen LogP contribution in [0.4, 0.5) is 0 Å². The molecule has 0 radical (unpaired) electrons. The summed E-state index contributed by atoms with van der Waals surface area (Å²) in [5.41, 5.74) is 5.09. The van der Waals surface area contributed by atoms with Gasteiger partial charge in [0.05, 0.1) is 13.1 Å². The van der Waals surface area contributed by atoms with Crippen LogP contribution in [-0.2, 0) is 14.3 Å². The molecule has 1 rings (SSSR count). The third-order valence-corrected chi connectivity index (χ3v) is 4.16. The summed E-state index contributed by atoms with van der Waals surface area (Å²) in [6.07, 6.45) is 2.33. The summed E-state index contributed by atoms with van der Waals surface area (Å²) in [7, 11) is 0. The Bertz CT molecular complexity index is 365. The van der Waals surface area contributed by atoms with Crippen LogP contribution in [0.2, 0.25) is 0 Å². The second kappa shape index (κ2) is 7.75. The van der Waals surface area contributed by atoms with Crippen molar-refractivity contribution < 1.29 is 19.4 Å². The number of amides is 1. The number of aliphatic carboxylic acids is 1. The predicted molar refractivity (Wildman–Crippen MR) is 79.8 cm³/mol. The SMILES string of the molecule is CC(C)C(CCN)CCC(=O)N1CC(C)(OCC(=O)O)C1. The van der Waals surface area contributed by atoms with Gasteiger partial charge in [-0.1, -0.05) is 13.8 Å². The number of carboxylic acids is 1. The highest BCUT2D eigenvalue weighted by molar-refractivity contribution is 5.77. The highest BCUT2D eigenvalue weighted by Crippen LogP contribution is 2.27. The Hall–Kier alpha value is -1.14. The molecule has 0 aromatic heterocycles. The number of hydrogen-bond donors (Lipinski definition) is 2. The van der Waals surface area contributed by atoms with E-state index in [4.69, 9.17) is 15.6 Å². The van der Waals surface area contributed by atoms with Crippen molar-refractivity contribution in [3.63, 3.8) is 0 Å². The minimum atomic E-state index is -0.984. The molecule has 0 spiro atoms. The smallest absolute Gasteiger partial charge is 0.329 e. The van der Waals surface area contributed by atoms with Gasteiger partial charge in [0, 0.05) is 6.42 Å². The molecule has 0 aromatic rings. The normalized spacial score (nSPS) is 18.4. The van der Waals surface area contributed by atoms with Crippen molar-refractivity contribution in [2.24, 2.45) is 17.6 Å². The fourth-order valence-corrected chi connectivity index (χ4v) is 2.76. The van der Waals surface area contributed by atoms with Gasteiger partial charge in [-0.3, -0.25) is 4.79 Å². The Kier molecular flexibility index (Phi) is 6.61. The van der Waals surface area contributed by atoms with E-state index in [1.165, 1.54) is 0 Å². The Morgan fingerprint density at radius 2 is 1.95 bits per heavy atom. The third-order valence-electron chi connectivity index (χ3n) is 4.16. The first-order chi connectivity index (χ1) is 9.77. The van der Waals surface area contributed by atoms with Crippen LogP contribution < -0.4 is 5.73 Å². The van der Waals surface area contributed by atoms with Crippen LogP contribution in [0.25, 0.3) is 0 Å². The van der Waals surface area contributed by atoms with Crippen molar-refractivity contribution >= 4 is 11.9 Å². The van der Waals surface area contributed by atoms with E-state index in [0.717, 1.165) is 12.8 Å². The zero-order valence-corrected chi connectivity index (χ0v) is 13.3. The predicted octanol–water partition coefficient (Wildman–Crippen LogP) is 1.09. The van der Waals surface area contributed by atoms with Gasteiger partial charge in [-0.15, -0.1) is 0 Å². The number of rotatable bonds is 9. The van der Waals surface area contributed by atoms with Gasteiger partial charge in [-0.25, -0.2) is 4.79 Å². The molecule has 1 aliphatic rings. The molecule has 1 amide bonds. The molecule has 122 valence electrons. The van der Waals surface area contributed by atoms with Gasteiger partial charge in [-0.05, 0) is 38.1 Å². The molecular formula is C15H28N2O4. The van der Waals surface area contributed by atoms with Crippen LogP contribution in [0, 0.1) is 11.8 Å².